The number of carbonyl (C=O) groups is 1. The van der Waals surface area contributed by atoms with Crippen molar-refractivity contribution in [1.29, 1.82) is 0 Å². The van der Waals surface area contributed by atoms with E-state index in [1.807, 2.05) is 35.2 Å². The number of benzene rings is 1. The molecule has 1 aromatic heterocycles. The molecule has 4 rings (SSSR count). The SMILES string of the molecule is O=C(c1nccc2ccccc12)N1CCN(C2CCCC2O)CC1. The number of pyridine rings is 1. The average molecular weight is 325 g/mol. The number of hydrogen-bond donors (Lipinski definition) is 1. The van der Waals surface area contributed by atoms with Crippen LogP contribution >= 0.6 is 0 Å². The lowest BCUT2D eigenvalue weighted by molar-refractivity contribution is 0.0314. The fourth-order valence-corrected chi connectivity index (χ4v) is 4.04. The Balaban J connectivity index is 1.48. The van der Waals surface area contributed by atoms with Crippen molar-refractivity contribution in [2.24, 2.45) is 0 Å². The van der Waals surface area contributed by atoms with Gasteiger partial charge in [0.25, 0.3) is 5.91 Å². The van der Waals surface area contributed by atoms with Gasteiger partial charge in [-0.25, -0.2) is 0 Å². The van der Waals surface area contributed by atoms with E-state index in [4.69, 9.17) is 0 Å². The van der Waals surface area contributed by atoms with Crippen molar-refractivity contribution in [3.63, 3.8) is 0 Å². The van der Waals surface area contributed by atoms with E-state index in [-0.39, 0.29) is 18.1 Å². The molecule has 1 aromatic carbocycles. The number of fused-ring (bicyclic) bond motifs is 1. The van der Waals surface area contributed by atoms with Crippen molar-refractivity contribution in [2.45, 2.75) is 31.4 Å². The summed E-state index contributed by atoms with van der Waals surface area (Å²) in [5.74, 6) is 0.0124. The summed E-state index contributed by atoms with van der Waals surface area (Å²) in [6.07, 6.45) is 4.59. The van der Waals surface area contributed by atoms with Gasteiger partial charge in [0.1, 0.15) is 5.69 Å². The third-order valence-electron chi connectivity index (χ3n) is 5.39. The summed E-state index contributed by atoms with van der Waals surface area (Å²) in [6, 6.07) is 10.1. The molecule has 1 saturated carbocycles. The largest absolute Gasteiger partial charge is 0.391 e. The lowest BCUT2D eigenvalue weighted by atomic mass is 10.1. The molecule has 5 nitrogen and oxygen atoms in total. The van der Waals surface area contributed by atoms with Gasteiger partial charge in [-0.3, -0.25) is 14.7 Å². The first-order valence-corrected chi connectivity index (χ1v) is 8.79. The van der Waals surface area contributed by atoms with Crippen LogP contribution in [0.2, 0.25) is 0 Å². The number of aromatic nitrogens is 1. The van der Waals surface area contributed by atoms with Crippen LogP contribution < -0.4 is 0 Å². The molecular formula is C19H23N3O2. The number of aliphatic hydroxyl groups is 1. The van der Waals surface area contributed by atoms with E-state index < -0.39 is 0 Å². The molecule has 24 heavy (non-hydrogen) atoms. The van der Waals surface area contributed by atoms with E-state index >= 15 is 0 Å². The van der Waals surface area contributed by atoms with Crippen LogP contribution in [0.25, 0.3) is 10.8 Å². The van der Waals surface area contributed by atoms with Crippen LogP contribution in [0, 0.1) is 0 Å². The third kappa shape index (κ3) is 2.78. The molecule has 5 heteroatoms. The molecule has 2 aliphatic rings. The molecule has 2 fully saturated rings. The summed E-state index contributed by atoms with van der Waals surface area (Å²) in [5.41, 5.74) is 0.544. The molecule has 2 heterocycles. The maximum Gasteiger partial charge on any atom is 0.273 e. The van der Waals surface area contributed by atoms with E-state index in [2.05, 4.69) is 9.88 Å². The van der Waals surface area contributed by atoms with Crippen molar-refractivity contribution in [2.75, 3.05) is 26.2 Å². The van der Waals surface area contributed by atoms with E-state index in [0.717, 1.165) is 43.1 Å². The smallest absolute Gasteiger partial charge is 0.273 e. The quantitative estimate of drug-likeness (QED) is 0.916. The minimum Gasteiger partial charge on any atom is -0.391 e. The number of carbonyl (C=O) groups excluding carboxylic acids is 1. The summed E-state index contributed by atoms with van der Waals surface area (Å²) < 4.78 is 0. The molecule has 1 N–H and O–H groups in total. The highest BCUT2D eigenvalue weighted by atomic mass is 16.3. The molecule has 1 saturated heterocycles. The summed E-state index contributed by atoms with van der Waals surface area (Å²) in [4.78, 5) is 21.5. The zero-order chi connectivity index (χ0) is 16.5. The number of aliphatic hydroxyl groups excluding tert-OH is 1. The van der Waals surface area contributed by atoms with E-state index in [0.29, 0.717) is 18.8 Å². The summed E-state index contributed by atoms with van der Waals surface area (Å²) in [7, 11) is 0. The first-order chi connectivity index (χ1) is 11.7. The summed E-state index contributed by atoms with van der Waals surface area (Å²) in [5, 5.41) is 12.0. The topological polar surface area (TPSA) is 56.7 Å². The molecule has 0 radical (unpaired) electrons. The van der Waals surface area contributed by atoms with Gasteiger partial charge in [0.15, 0.2) is 0 Å². The minimum atomic E-state index is -0.202. The summed E-state index contributed by atoms with van der Waals surface area (Å²) >= 11 is 0. The molecule has 0 bridgehead atoms. The summed E-state index contributed by atoms with van der Waals surface area (Å²) in [6.45, 7) is 3.07. The van der Waals surface area contributed by atoms with Crippen LogP contribution in [0.4, 0.5) is 0 Å². The molecule has 2 aromatic rings. The second kappa shape index (κ2) is 6.49. The molecule has 1 aliphatic heterocycles. The molecule has 126 valence electrons. The van der Waals surface area contributed by atoms with Crippen LogP contribution in [0.1, 0.15) is 29.8 Å². The number of piperazine rings is 1. The fraction of sp³-hybridized carbons (Fsp3) is 0.474. The van der Waals surface area contributed by atoms with Gasteiger partial charge in [0.2, 0.25) is 0 Å². The molecule has 1 amide bonds. The van der Waals surface area contributed by atoms with Crippen LogP contribution in [0.15, 0.2) is 36.5 Å². The first kappa shape index (κ1) is 15.5. The zero-order valence-corrected chi connectivity index (χ0v) is 13.8. The Morgan fingerprint density at radius 3 is 2.62 bits per heavy atom. The average Bonchev–Trinajstić information content (AvgIpc) is 3.07. The van der Waals surface area contributed by atoms with Crippen molar-refractivity contribution < 1.29 is 9.90 Å². The van der Waals surface area contributed by atoms with Gasteiger partial charge in [-0.2, -0.15) is 0 Å². The lowest BCUT2D eigenvalue weighted by Gasteiger charge is -2.39. The van der Waals surface area contributed by atoms with E-state index in [1.54, 1.807) is 6.20 Å². The highest BCUT2D eigenvalue weighted by Crippen LogP contribution is 2.25. The lowest BCUT2D eigenvalue weighted by Crippen LogP contribution is -2.53. The Labute approximate surface area is 141 Å². The number of rotatable bonds is 2. The molecule has 2 atom stereocenters. The van der Waals surface area contributed by atoms with Crippen molar-refractivity contribution in [1.82, 2.24) is 14.8 Å². The molecule has 2 unspecified atom stereocenters. The van der Waals surface area contributed by atoms with Gasteiger partial charge >= 0.3 is 0 Å². The highest BCUT2D eigenvalue weighted by molar-refractivity contribution is 6.05. The van der Waals surface area contributed by atoms with Crippen LogP contribution in [0.5, 0.6) is 0 Å². The van der Waals surface area contributed by atoms with Crippen molar-refractivity contribution >= 4 is 16.7 Å². The van der Waals surface area contributed by atoms with Crippen LogP contribution in [0.3, 0.4) is 0 Å². The monoisotopic (exact) mass is 325 g/mol. The second-order valence-corrected chi connectivity index (χ2v) is 6.77. The van der Waals surface area contributed by atoms with Crippen LogP contribution in [-0.2, 0) is 0 Å². The Kier molecular flexibility index (Phi) is 4.21. The zero-order valence-electron chi connectivity index (χ0n) is 13.8. The van der Waals surface area contributed by atoms with Gasteiger partial charge in [-0.05, 0) is 30.7 Å². The van der Waals surface area contributed by atoms with Gasteiger partial charge < -0.3 is 10.0 Å². The van der Waals surface area contributed by atoms with Crippen LogP contribution in [-0.4, -0.2) is 64.1 Å². The third-order valence-corrected chi connectivity index (χ3v) is 5.39. The van der Waals surface area contributed by atoms with Gasteiger partial charge in [0.05, 0.1) is 6.10 Å². The Morgan fingerprint density at radius 1 is 1.08 bits per heavy atom. The Morgan fingerprint density at radius 2 is 1.88 bits per heavy atom. The first-order valence-electron chi connectivity index (χ1n) is 8.79. The second-order valence-electron chi connectivity index (χ2n) is 6.77. The Bertz CT molecular complexity index is 735. The number of hydrogen-bond acceptors (Lipinski definition) is 4. The maximum atomic E-state index is 12.9. The highest BCUT2D eigenvalue weighted by Gasteiger charge is 2.33. The van der Waals surface area contributed by atoms with E-state index in [1.165, 1.54) is 0 Å². The standard InChI is InChI=1S/C19H23N3O2/c23-17-7-3-6-16(17)21-10-12-22(13-11-21)19(24)18-15-5-2-1-4-14(15)8-9-20-18/h1-2,4-5,8-9,16-17,23H,3,6-7,10-13H2. The van der Waals surface area contributed by atoms with E-state index in [9.17, 15) is 9.90 Å². The minimum absolute atomic E-state index is 0.0124. The van der Waals surface area contributed by atoms with Gasteiger partial charge in [-0.15, -0.1) is 0 Å². The van der Waals surface area contributed by atoms with Gasteiger partial charge in [0, 0.05) is 43.8 Å². The predicted octanol–water partition coefficient (Wildman–Crippen LogP) is 1.91. The number of nitrogens with zero attached hydrogens (tertiary/aromatic N) is 3. The Hall–Kier alpha value is -1.98. The number of amides is 1. The molecular weight excluding hydrogens is 302 g/mol. The molecule has 1 aliphatic carbocycles. The van der Waals surface area contributed by atoms with Crippen molar-refractivity contribution in [3.05, 3.63) is 42.2 Å². The molecule has 0 spiro atoms. The fourth-order valence-electron chi connectivity index (χ4n) is 4.04. The van der Waals surface area contributed by atoms with Gasteiger partial charge in [-0.1, -0.05) is 24.3 Å². The normalized spacial score (nSPS) is 25.3. The van der Waals surface area contributed by atoms with Crippen molar-refractivity contribution in [3.8, 4) is 0 Å². The maximum absolute atomic E-state index is 12.9. The predicted molar refractivity (Wildman–Crippen MR) is 92.9 cm³/mol.